The number of carboxylic acid groups (broad SMARTS) is 1. The Morgan fingerprint density at radius 2 is 2.17 bits per heavy atom. The van der Waals surface area contributed by atoms with Crippen LogP contribution in [0.25, 0.3) is 0 Å². The fraction of sp³-hybridized carbons (Fsp3) is 0.462. The van der Waals surface area contributed by atoms with Gasteiger partial charge in [-0.3, -0.25) is 4.79 Å². The van der Waals surface area contributed by atoms with Gasteiger partial charge in [-0.2, -0.15) is 0 Å². The van der Waals surface area contributed by atoms with Crippen molar-refractivity contribution >= 4 is 17.7 Å². The zero-order chi connectivity index (χ0) is 13.0. The lowest BCUT2D eigenvalue weighted by Crippen LogP contribution is -2.48. The molecule has 1 N–H and O–H groups in total. The maximum absolute atomic E-state index is 13.3. The minimum atomic E-state index is -0.722. The van der Waals surface area contributed by atoms with Crippen LogP contribution in [0.4, 0.5) is 4.39 Å². The van der Waals surface area contributed by atoms with Gasteiger partial charge in [-0.1, -0.05) is 12.1 Å². The highest BCUT2D eigenvalue weighted by atomic mass is 32.2. The SMILES string of the molecule is O=C(O)CC1CN(CCSc2ccccc2F)C1. The number of carboxylic acids is 1. The van der Waals surface area contributed by atoms with Crippen molar-refractivity contribution in [3.63, 3.8) is 0 Å². The summed E-state index contributed by atoms with van der Waals surface area (Å²) in [6.07, 6.45) is 0.261. The molecule has 0 radical (unpaired) electrons. The van der Waals surface area contributed by atoms with Crippen molar-refractivity contribution < 1.29 is 14.3 Å². The number of hydrogen-bond acceptors (Lipinski definition) is 3. The minimum absolute atomic E-state index is 0.171. The summed E-state index contributed by atoms with van der Waals surface area (Å²) in [5.74, 6) is 0.233. The van der Waals surface area contributed by atoms with Crippen LogP contribution in [-0.2, 0) is 4.79 Å². The van der Waals surface area contributed by atoms with Crippen LogP contribution >= 0.6 is 11.8 Å². The lowest BCUT2D eigenvalue weighted by atomic mass is 9.97. The third-order valence-electron chi connectivity index (χ3n) is 3.00. The highest BCUT2D eigenvalue weighted by Gasteiger charge is 2.27. The van der Waals surface area contributed by atoms with Gasteiger partial charge < -0.3 is 10.0 Å². The highest BCUT2D eigenvalue weighted by molar-refractivity contribution is 7.99. The van der Waals surface area contributed by atoms with Gasteiger partial charge in [0.15, 0.2) is 0 Å². The smallest absolute Gasteiger partial charge is 0.303 e. The fourth-order valence-corrected chi connectivity index (χ4v) is 3.03. The summed E-state index contributed by atoms with van der Waals surface area (Å²) in [5.41, 5.74) is 0. The molecule has 0 bridgehead atoms. The zero-order valence-corrected chi connectivity index (χ0v) is 10.8. The van der Waals surface area contributed by atoms with Crippen molar-refractivity contribution in [1.29, 1.82) is 0 Å². The van der Waals surface area contributed by atoms with Crippen LogP contribution in [0.5, 0.6) is 0 Å². The van der Waals surface area contributed by atoms with E-state index < -0.39 is 5.97 Å². The zero-order valence-electron chi connectivity index (χ0n) is 10.0. The number of halogens is 1. The number of likely N-dealkylation sites (tertiary alicyclic amines) is 1. The number of thioether (sulfide) groups is 1. The molecular formula is C13H16FNO2S. The Morgan fingerprint density at radius 1 is 1.44 bits per heavy atom. The fourth-order valence-electron chi connectivity index (χ4n) is 2.08. The molecule has 1 saturated heterocycles. The lowest BCUT2D eigenvalue weighted by molar-refractivity contribution is -0.139. The first-order valence-corrected chi connectivity index (χ1v) is 6.95. The van der Waals surface area contributed by atoms with Crippen LogP contribution in [-0.4, -0.2) is 41.4 Å². The van der Waals surface area contributed by atoms with Gasteiger partial charge in [-0.25, -0.2) is 4.39 Å². The molecule has 18 heavy (non-hydrogen) atoms. The Balaban J connectivity index is 1.63. The van der Waals surface area contributed by atoms with Crippen molar-refractivity contribution in [2.75, 3.05) is 25.4 Å². The van der Waals surface area contributed by atoms with Gasteiger partial charge in [0.1, 0.15) is 5.82 Å². The summed E-state index contributed by atoms with van der Waals surface area (Å²) in [4.78, 5) is 13.4. The summed E-state index contributed by atoms with van der Waals surface area (Å²) in [7, 11) is 0. The molecule has 1 aliphatic rings. The average Bonchev–Trinajstić information content (AvgIpc) is 2.27. The van der Waals surface area contributed by atoms with Crippen molar-refractivity contribution in [2.45, 2.75) is 11.3 Å². The highest BCUT2D eigenvalue weighted by Crippen LogP contribution is 2.23. The number of hydrogen-bond donors (Lipinski definition) is 1. The third-order valence-corrected chi connectivity index (χ3v) is 4.03. The van der Waals surface area contributed by atoms with Crippen LogP contribution in [0.1, 0.15) is 6.42 Å². The molecule has 2 rings (SSSR count). The standard InChI is InChI=1S/C13H16FNO2S/c14-11-3-1-2-4-12(11)18-6-5-15-8-10(9-15)7-13(16)17/h1-4,10H,5-9H2,(H,16,17). The summed E-state index contributed by atoms with van der Waals surface area (Å²) < 4.78 is 13.3. The number of benzene rings is 1. The Morgan fingerprint density at radius 3 is 2.83 bits per heavy atom. The van der Waals surface area contributed by atoms with Gasteiger partial charge >= 0.3 is 5.97 Å². The number of aliphatic carboxylic acids is 1. The maximum atomic E-state index is 13.3. The summed E-state index contributed by atoms with van der Waals surface area (Å²) >= 11 is 1.51. The Kier molecular flexibility index (Phi) is 4.60. The quantitative estimate of drug-likeness (QED) is 0.805. The van der Waals surface area contributed by atoms with Gasteiger partial charge in [0.25, 0.3) is 0 Å². The molecule has 0 atom stereocenters. The first kappa shape index (κ1) is 13.4. The topological polar surface area (TPSA) is 40.5 Å². The van der Waals surface area contributed by atoms with E-state index in [0.717, 1.165) is 25.4 Å². The average molecular weight is 269 g/mol. The molecule has 1 fully saturated rings. The molecule has 0 spiro atoms. The van der Waals surface area contributed by atoms with E-state index in [0.29, 0.717) is 10.8 Å². The predicted molar refractivity (Wildman–Crippen MR) is 69.3 cm³/mol. The van der Waals surface area contributed by atoms with E-state index in [-0.39, 0.29) is 12.2 Å². The maximum Gasteiger partial charge on any atom is 0.303 e. The van der Waals surface area contributed by atoms with Gasteiger partial charge in [-0.05, 0) is 18.1 Å². The van der Waals surface area contributed by atoms with E-state index >= 15 is 0 Å². The van der Waals surface area contributed by atoms with E-state index in [2.05, 4.69) is 4.90 Å². The molecule has 0 aromatic heterocycles. The van der Waals surface area contributed by atoms with Gasteiger partial charge in [0, 0.05) is 30.3 Å². The number of rotatable bonds is 6. The van der Waals surface area contributed by atoms with E-state index in [1.54, 1.807) is 12.1 Å². The summed E-state index contributed by atoms with van der Waals surface area (Å²) in [5, 5.41) is 8.63. The molecule has 0 unspecified atom stereocenters. The van der Waals surface area contributed by atoms with E-state index in [1.165, 1.54) is 17.8 Å². The molecule has 98 valence electrons. The normalized spacial score (nSPS) is 16.5. The molecule has 0 aliphatic carbocycles. The molecular weight excluding hydrogens is 253 g/mol. The predicted octanol–water partition coefficient (Wildman–Crippen LogP) is 2.32. The second-order valence-electron chi connectivity index (χ2n) is 4.50. The van der Waals surface area contributed by atoms with Crippen LogP contribution < -0.4 is 0 Å². The number of nitrogens with zero attached hydrogens (tertiary/aromatic N) is 1. The Hall–Kier alpha value is -1.07. The lowest BCUT2D eigenvalue weighted by Gasteiger charge is -2.38. The molecule has 1 aliphatic heterocycles. The second kappa shape index (κ2) is 6.20. The number of carbonyl (C=O) groups is 1. The van der Waals surface area contributed by atoms with Crippen molar-refractivity contribution in [3.8, 4) is 0 Å². The van der Waals surface area contributed by atoms with Crippen molar-refractivity contribution in [1.82, 2.24) is 4.90 Å². The van der Waals surface area contributed by atoms with Crippen molar-refractivity contribution in [3.05, 3.63) is 30.1 Å². The Labute approximate surface area is 110 Å². The van der Waals surface area contributed by atoms with Crippen LogP contribution in [0.2, 0.25) is 0 Å². The van der Waals surface area contributed by atoms with Crippen LogP contribution in [0.3, 0.4) is 0 Å². The largest absolute Gasteiger partial charge is 0.481 e. The summed E-state index contributed by atoms with van der Waals surface area (Å²) in [6.45, 7) is 2.59. The van der Waals surface area contributed by atoms with E-state index in [9.17, 15) is 9.18 Å². The first-order chi connectivity index (χ1) is 8.65. The van der Waals surface area contributed by atoms with Gasteiger partial charge in [0.2, 0.25) is 0 Å². The molecule has 1 aromatic rings. The van der Waals surface area contributed by atoms with Gasteiger partial charge in [0.05, 0.1) is 6.42 Å². The monoisotopic (exact) mass is 269 g/mol. The molecule has 1 aromatic carbocycles. The minimum Gasteiger partial charge on any atom is -0.481 e. The van der Waals surface area contributed by atoms with Crippen molar-refractivity contribution in [2.24, 2.45) is 5.92 Å². The molecule has 1 heterocycles. The van der Waals surface area contributed by atoms with E-state index in [1.807, 2.05) is 6.07 Å². The Bertz CT molecular complexity index is 421. The molecule has 0 saturated carbocycles. The first-order valence-electron chi connectivity index (χ1n) is 5.96. The van der Waals surface area contributed by atoms with Gasteiger partial charge in [-0.15, -0.1) is 11.8 Å². The second-order valence-corrected chi connectivity index (χ2v) is 5.64. The van der Waals surface area contributed by atoms with Crippen LogP contribution in [0.15, 0.2) is 29.2 Å². The third kappa shape index (κ3) is 3.71. The summed E-state index contributed by atoms with van der Waals surface area (Å²) in [6, 6.07) is 6.77. The van der Waals surface area contributed by atoms with E-state index in [4.69, 9.17) is 5.11 Å². The molecule has 5 heteroatoms. The molecule has 3 nitrogen and oxygen atoms in total. The van der Waals surface area contributed by atoms with Crippen LogP contribution in [0, 0.1) is 11.7 Å². The molecule has 0 amide bonds.